The van der Waals surface area contributed by atoms with Crippen LogP contribution in [0, 0.1) is 18.3 Å². The van der Waals surface area contributed by atoms with E-state index in [9.17, 15) is 14.9 Å². The van der Waals surface area contributed by atoms with Crippen molar-refractivity contribution < 1.29 is 4.79 Å². The third-order valence-electron chi connectivity index (χ3n) is 7.78. The van der Waals surface area contributed by atoms with E-state index in [0.717, 1.165) is 69.7 Å². The third-order valence-corrected chi connectivity index (χ3v) is 9.11. The van der Waals surface area contributed by atoms with E-state index in [-0.39, 0.29) is 23.1 Å². The lowest BCUT2D eigenvalue weighted by molar-refractivity contribution is -0.123. The van der Waals surface area contributed by atoms with Gasteiger partial charge in [0.1, 0.15) is 21.8 Å². The Bertz CT molecular complexity index is 1360. The summed E-state index contributed by atoms with van der Waals surface area (Å²) in [7, 11) is 0. The number of anilines is 2. The molecule has 198 valence electrons. The second-order valence-corrected chi connectivity index (χ2v) is 11.8. The van der Waals surface area contributed by atoms with Gasteiger partial charge in [-0.25, -0.2) is 0 Å². The number of para-hydroxylation sites is 1. The summed E-state index contributed by atoms with van der Waals surface area (Å²) in [6.07, 6.45) is 6.84. The van der Waals surface area contributed by atoms with Crippen molar-refractivity contribution in [2.75, 3.05) is 36.0 Å². The van der Waals surface area contributed by atoms with Crippen LogP contribution in [0.15, 0.2) is 40.0 Å². The van der Waals surface area contributed by atoms with Crippen LogP contribution < -0.4 is 15.4 Å². The number of hydrogen-bond donors (Lipinski definition) is 0. The molecule has 0 bridgehead atoms. The Balaban J connectivity index is 1.56. The quantitative estimate of drug-likeness (QED) is 0.376. The van der Waals surface area contributed by atoms with Gasteiger partial charge in [-0.1, -0.05) is 61.9 Å². The zero-order chi connectivity index (χ0) is 26.8. The van der Waals surface area contributed by atoms with E-state index in [1.807, 2.05) is 38.1 Å². The average molecular weight is 548 g/mol. The molecule has 2 saturated heterocycles. The fraction of sp³-hybridized carbons (Fsp3) is 0.448. The van der Waals surface area contributed by atoms with Crippen LogP contribution in [0.4, 0.5) is 11.5 Å². The Morgan fingerprint density at radius 3 is 2.37 bits per heavy atom. The number of hydrogen-bond acceptors (Lipinski definition) is 7. The maximum atomic E-state index is 13.5. The van der Waals surface area contributed by atoms with Gasteiger partial charge in [-0.2, -0.15) is 5.26 Å². The van der Waals surface area contributed by atoms with Crippen LogP contribution in [0.25, 0.3) is 6.08 Å². The first-order valence-electron chi connectivity index (χ1n) is 13.4. The topological polar surface area (TPSA) is 72.6 Å². The van der Waals surface area contributed by atoms with E-state index >= 15 is 0 Å². The molecule has 2 aromatic rings. The zero-order valence-corrected chi connectivity index (χ0v) is 23.6. The van der Waals surface area contributed by atoms with Crippen molar-refractivity contribution in [2.24, 2.45) is 0 Å². The second kappa shape index (κ2) is 11.3. The molecule has 5 rings (SSSR count). The number of thiocarbonyl (C=S) groups is 1. The van der Waals surface area contributed by atoms with Gasteiger partial charge >= 0.3 is 0 Å². The van der Waals surface area contributed by atoms with Crippen molar-refractivity contribution in [1.29, 1.82) is 5.26 Å². The van der Waals surface area contributed by atoms with E-state index < -0.39 is 0 Å². The summed E-state index contributed by atoms with van der Waals surface area (Å²) in [5.74, 6) is 0.741. The Hall–Kier alpha value is -3.09. The maximum absolute atomic E-state index is 13.5. The molecule has 3 aliphatic rings. The lowest BCUT2D eigenvalue weighted by Crippen LogP contribution is -2.48. The molecule has 0 atom stereocenters. The first-order valence-corrected chi connectivity index (χ1v) is 14.7. The largest absolute Gasteiger partial charge is 0.368 e. The number of thioether (sulfide) groups is 1. The molecule has 1 aromatic heterocycles. The summed E-state index contributed by atoms with van der Waals surface area (Å²) in [5, 5.41) is 9.91. The fourth-order valence-corrected chi connectivity index (χ4v) is 7.20. The molecule has 1 aromatic carbocycles. The Morgan fingerprint density at radius 2 is 1.74 bits per heavy atom. The molecule has 1 aliphatic carbocycles. The number of piperazine rings is 1. The highest BCUT2D eigenvalue weighted by molar-refractivity contribution is 8.26. The van der Waals surface area contributed by atoms with E-state index in [2.05, 4.69) is 28.0 Å². The molecule has 0 spiro atoms. The van der Waals surface area contributed by atoms with E-state index in [0.29, 0.717) is 21.3 Å². The molecule has 9 heteroatoms. The highest BCUT2D eigenvalue weighted by Crippen LogP contribution is 2.39. The summed E-state index contributed by atoms with van der Waals surface area (Å²) in [5.41, 5.74) is 2.46. The summed E-state index contributed by atoms with van der Waals surface area (Å²) in [6.45, 7) is 7.44. The first kappa shape index (κ1) is 26.5. The number of aromatic nitrogens is 1. The van der Waals surface area contributed by atoms with Gasteiger partial charge in [0.05, 0.1) is 4.91 Å². The van der Waals surface area contributed by atoms with Crippen LogP contribution in [0.2, 0.25) is 0 Å². The number of pyridine rings is 1. The second-order valence-electron chi connectivity index (χ2n) is 10.1. The highest BCUT2D eigenvalue weighted by Gasteiger charge is 2.38. The SMILES string of the molecule is CCCn1c(N2CCN(c3ccccc3)CC2)c(/C=C2\SC(=S)N(C3CCCC3)C2=O)c(C)c(C#N)c1=O. The van der Waals surface area contributed by atoms with Crippen LogP contribution in [-0.2, 0) is 11.3 Å². The van der Waals surface area contributed by atoms with Crippen molar-refractivity contribution in [2.45, 2.75) is 58.5 Å². The fourth-order valence-electron chi connectivity index (χ4n) is 5.82. The van der Waals surface area contributed by atoms with Crippen molar-refractivity contribution in [1.82, 2.24) is 9.47 Å². The standard InChI is InChI=1S/C29H33N5O2S2/c1-3-13-33-26(32-16-14-31(15-17-32)21-9-5-4-6-10-21)23(20(2)24(19-30)27(33)35)18-25-28(36)34(29(37)38-25)22-11-7-8-12-22/h4-6,9-10,18,22H,3,7-8,11-17H2,1-2H3/b25-18-. The summed E-state index contributed by atoms with van der Waals surface area (Å²) in [4.78, 5) is 34.0. The van der Waals surface area contributed by atoms with Gasteiger partial charge in [0.15, 0.2) is 0 Å². The third kappa shape index (κ3) is 4.87. The molecule has 3 heterocycles. The normalized spacial score (nSPS) is 19.6. The minimum absolute atomic E-state index is 0.0575. The van der Waals surface area contributed by atoms with Gasteiger partial charge in [0.25, 0.3) is 11.5 Å². The van der Waals surface area contributed by atoms with Crippen molar-refractivity contribution in [3.05, 3.63) is 62.3 Å². The summed E-state index contributed by atoms with van der Waals surface area (Å²) in [6, 6.07) is 12.7. The van der Waals surface area contributed by atoms with E-state index in [1.165, 1.54) is 17.4 Å². The summed E-state index contributed by atoms with van der Waals surface area (Å²) < 4.78 is 2.35. The monoisotopic (exact) mass is 547 g/mol. The van der Waals surface area contributed by atoms with Gasteiger partial charge in [-0.3, -0.25) is 19.1 Å². The smallest absolute Gasteiger partial charge is 0.270 e. The molecular formula is C29H33N5O2S2. The predicted octanol–water partition coefficient (Wildman–Crippen LogP) is 4.91. The lowest BCUT2D eigenvalue weighted by atomic mass is 10.0. The number of carbonyl (C=O) groups is 1. The zero-order valence-electron chi connectivity index (χ0n) is 22.0. The minimum Gasteiger partial charge on any atom is -0.368 e. The number of amides is 1. The molecule has 1 saturated carbocycles. The molecule has 0 N–H and O–H groups in total. The maximum Gasteiger partial charge on any atom is 0.270 e. The Labute approximate surface area is 233 Å². The van der Waals surface area contributed by atoms with Crippen LogP contribution in [0.3, 0.4) is 0 Å². The first-order chi connectivity index (χ1) is 18.4. The molecule has 1 amide bonds. The van der Waals surface area contributed by atoms with Crippen molar-refractivity contribution in [3.63, 3.8) is 0 Å². The molecule has 0 radical (unpaired) electrons. The van der Waals surface area contributed by atoms with Gasteiger partial charge in [0, 0.05) is 50.0 Å². The van der Waals surface area contributed by atoms with Gasteiger partial charge in [-0.05, 0) is 50.0 Å². The lowest BCUT2D eigenvalue weighted by Gasteiger charge is -2.39. The van der Waals surface area contributed by atoms with Gasteiger partial charge in [0.2, 0.25) is 0 Å². The van der Waals surface area contributed by atoms with Crippen LogP contribution in [0.5, 0.6) is 0 Å². The van der Waals surface area contributed by atoms with Crippen molar-refractivity contribution >= 4 is 51.8 Å². The van der Waals surface area contributed by atoms with E-state index in [1.54, 1.807) is 9.47 Å². The number of rotatable bonds is 6. The Kier molecular flexibility index (Phi) is 7.91. The van der Waals surface area contributed by atoms with Crippen LogP contribution in [0.1, 0.15) is 55.7 Å². The molecule has 0 unspecified atom stereocenters. The average Bonchev–Trinajstić information content (AvgIpc) is 3.55. The molecule has 7 nitrogen and oxygen atoms in total. The summed E-state index contributed by atoms with van der Waals surface area (Å²) >= 11 is 6.97. The van der Waals surface area contributed by atoms with Gasteiger partial charge < -0.3 is 9.80 Å². The van der Waals surface area contributed by atoms with Crippen LogP contribution in [-0.4, -0.2) is 51.9 Å². The van der Waals surface area contributed by atoms with Gasteiger partial charge in [-0.15, -0.1) is 0 Å². The van der Waals surface area contributed by atoms with E-state index in [4.69, 9.17) is 12.2 Å². The minimum atomic E-state index is -0.261. The van der Waals surface area contributed by atoms with Crippen molar-refractivity contribution in [3.8, 4) is 6.07 Å². The number of nitrogens with zero attached hydrogens (tertiary/aromatic N) is 5. The molecule has 38 heavy (non-hydrogen) atoms. The predicted molar refractivity (Wildman–Crippen MR) is 159 cm³/mol. The molecular weight excluding hydrogens is 514 g/mol. The highest BCUT2D eigenvalue weighted by atomic mass is 32.2. The number of nitriles is 1. The Morgan fingerprint density at radius 1 is 1.08 bits per heavy atom. The molecule has 2 aliphatic heterocycles. The van der Waals surface area contributed by atoms with Crippen LogP contribution >= 0.6 is 24.0 Å². The number of benzene rings is 1. The molecule has 3 fully saturated rings. The number of carbonyl (C=O) groups excluding carboxylic acids is 1.